The second-order valence-electron chi connectivity index (χ2n) is 9.70. The van der Waals surface area contributed by atoms with Crippen molar-refractivity contribution in [1.82, 2.24) is 9.21 Å². The molecule has 0 unspecified atom stereocenters. The van der Waals surface area contributed by atoms with E-state index in [1.807, 2.05) is 6.92 Å². The van der Waals surface area contributed by atoms with Gasteiger partial charge < -0.3 is 14.4 Å². The number of rotatable bonds is 15. The van der Waals surface area contributed by atoms with Crippen LogP contribution in [0.4, 0.5) is 5.69 Å². The Bertz CT molecular complexity index is 1470. The molecule has 1 heterocycles. The minimum Gasteiger partial charge on any atom is -0.461 e. The van der Waals surface area contributed by atoms with Crippen LogP contribution in [0.15, 0.2) is 82.0 Å². The van der Waals surface area contributed by atoms with E-state index in [1.165, 1.54) is 43.0 Å². The van der Waals surface area contributed by atoms with Gasteiger partial charge in [0, 0.05) is 36.4 Å². The Hall–Kier alpha value is -4.54. The second kappa shape index (κ2) is 15.6. The Labute approximate surface area is 252 Å². The van der Waals surface area contributed by atoms with Gasteiger partial charge in [-0.15, -0.1) is 0 Å². The lowest BCUT2D eigenvalue weighted by Gasteiger charge is -2.30. The number of carbonyl (C=O) groups excluding carboxylic acids is 3. The number of sulfonamides is 1. The molecule has 0 spiro atoms. The molecule has 43 heavy (non-hydrogen) atoms. The van der Waals surface area contributed by atoms with E-state index in [2.05, 4.69) is 36.3 Å². The summed E-state index contributed by atoms with van der Waals surface area (Å²) in [6.07, 6.45) is 1.57. The first-order valence-corrected chi connectivity index (χ1v) is 14.9. The Balaban J connectivity index is 2.27. The van der Waals surface area contributed by atoms with Crippen molar-refractivity contribution in [3.8, 4) is 6.07 Å². The Morgan fingerprint density at radius 2 is 1.60 bits per heavy atom. The number of hydrogen-bond donors (Lipinski definition) is 1. The minimum absolute atomic E-state index is 0.0524. The van der Waals surface area contributed by atoms with Gasteiger partial charge in [-0.25, -0.2) is 18.0 Å². The summed E-state index contributed by atoms with van der Waals surface area (Å²) < 4.78 is 38.0. The number of unbranched alkanes of at least 4 members (excludes halogenated alkanes) is 1. The molecule has 0 aliphatic carbocycles. The third kappa shape index (κ3) is 8.97. The van der Waals surface area contributed by atoms with Gasteiger partial charge in [0.1, 0.15) is 19.3 Å². The first kappa shape index (κ1) is 34.7. The Morgan fingerprint density at radius 3 is 2.07 bits per heavy atom. The highest BCUT2D eigenvalue weighted by molar-refractivity contribution is 7.89. The summed E-state index contributed by atoms with van der Waals surface area (Å²) in [7, 11) is -4.11. The third-order valence-electron chi connectivity index (χ3n) is 6.27. The van der Waals surface area contributed by atoms with Crippen molar-refractivity contribution in [2.45, 2.75) is 45.4 Å². The molecule has 1 aromatic carbocycles. The first-order valence-electron chi connectivity index (χ1n) is 13.5. The van der Waals surface area contributed by atoms with Gasteiger partial charge in [-0.3, -0.25) is 10.2 Å². The molecule has 0 aromatic heterocycles. The molecule has 230 valence electrons. The van der Waals surface area contributed by atoms with E-state index in [1.54, 1.807) is 6.92 Å². The molecular weight excluding hydrogens is 574 g/mol. The van der Waals surface area contributed by atoms with E-state index >= 15 is 0 Å². The fraction of sp³-hybridized carbons (Fsp3) is 0.367. The van der Waals surface area contributed by atoms with Gasteiger partial charge in [-0.2, -0.15) is 14.7 Å². The van der Waals surface area contributed by atoms with Gasteiger partial charge in [-0.05, 0) is 51.5 Å². The highest BCUT2D eigenvalue weighted by Crippen LogP contribution is 2.26. The Kier molecular flexibility index (Phi) is 12.6. The van der Waals surface area contributed by atoms with Crippen LogP contribution >= 0.6 is 0 Å². The predicted octanol–water partition coefficient (Wildman–Crippen LogP) is 3.68. The molecule has 1 N–H and O–H groups in total. The van der Waals surface area contributed by atoms with Crippen molar-refractivity contribution in [1.29, 1.82) is 5.26 Å². The lowest BCUT2D eigenvalue weighted by Crippen LogP contribution is -2.41. The van der Waals surface area contributed by atoms with Crippen LogP contribution in [-0.4, -0.2) is 74.0 Å². The van der Waals surface area contributed by atoms with Crippen LogP contribution in [0.25, 0.3) is 0 Å². The number of allylic oxidation sites excluding steroid dienone is 1. The van der Waals surface area contributed by atoms with E-state index in [4.69, 9.17) is 9.47 Å². The van der Waals surface area contributed by atoms with Crippen LogP contribution in [0, 0.1) is 11.3 Å². The fourth-order valence-corrected chi connectivity index (χ4v) is 5.17. The van der Waals surface area contributed by atoms with Crippen molar-refractivity contribution < 1.29 is 32.3 Å². The van der Waals surface area contributed by atoms with Crippen LogP contribution < -0.4 is 5.43 Å². The number of benzene rings is 1. The summed E-state index contributed by atoms with van der Waals surface area (Å²) in [5, 5.41) is 13.9. The molecule has 1 aromatic rings. The number of amides is 1. The maximum atomic E-state index is 13.4. The summed E-state index contributed by atoms with van der Waals surface area (Å²) in [4.78, 5) is 38.0. The van der Waals surface area contributed by atoms with E-state index in [-0.39, 0.29) is 53.6 Å². The topological polar surface area (TPSA) is 158 Å². The summed E-state index contributed by atoms with van der Waals surface area (Å²) in [5.41, 5.74) is 4.51. The number of esters is 2. The average molecular weight is 612 g/mol. The second-order valence-corrected chi connectivity index (χ2v) is 11.6. The summed E-state index contributed by atoms with van der Waals surface area (Å²) in [5.74, 6) is -1.72. The summed E-state index contributed by atoms with van der Waals surface area (Å²) >= 11 is 0. The molecule has 0 radical (unpaired) electrons. The maximum Gasteiger partial charge on any atom is 0.333 e. The van der Waals surface area contributed by atoms with Crippen molar-refractivity contribution in [3.05, 3.63) is 72.0 Å². The number of nitriles is 1. The summed E-state index contributed by atoms with van der Waals surface area (Å²) in [6, 6.07) is 7.69. The molecule has 0 saturated carbocycles. The SMILES string of the molecule is C=C(C)C(=O)OCCN(CCOC(=O)C(=C)C)S(=O)(=O)c1ccc(NN=C2C(=O)N(CCCC)C(=C)C(C#N)=C2C)cc1. The quantitative estimate of drug-likeness (QED) is 0.177. The highest BCUT2D eigenvalue weighted by Gasteiger charge is 2.32. The summed E-state index contributed by atoms with van der Waals surface area (Å²) in [6.45, 7) is 16.9. The number of nitrogens with one attached hydrogen (secondary N) is 1. The van der Waals surface area contributed by atoms with E-state index in [0.717, 1.165) is 17.1 Å². The van der Waals surface area contributed by atoms with Crippen LogP contribution in [0.3, 0.4) is 0 Å². The van der Waals surface area contributed by atoms with Gasteiger partial charge in [-0.1, -0.05) is 33.1 Å². The molecule has 0 bridgehead atoms. The van der Waals surface area contributed by atoms with Crippen molar-refractivity contribution in [2.75, 3.05) is 38.3 Å². The third-order valence-corrected chi connectivity index (χ3v) is 8.19. The van der Waals surface area contributed by atoms with Crippen LogP contribution in [0.5, 0.6) is 0 Å². The largest absolute Gasteiger partial charge is 0.461 e. The van der Waals surface area contributed by atoms with E-state index in [0.29, 0.717) is 23.5 Å². The van der Waals surface area contributed by atoms with Crippen LogP contribution in [-0.2, 0) is 33.9 Å². The molecule has 2 rings (SSSR count). The molecule has 0 fully saturated rings. The molecule has 0 atom stereocenters. The van der Waals surface area contributed by atoms with Gasteiger partial charge in [0.2, 0.25) is 10.0 Å². The number of anilines is 1. The number of nitrogens with zero attached hydrogens (tertiary/aromatic N) is 4. The highest BCUT2D eigenvalue weighted by atomic mass is 32.2. The van der Waals surface area contributed by atoms with Crippen molar-refractivity contribution in [2.24, 2.45) is 5.10 Å². The normalized spacial score (nSPS) is 14.5. The molecule has 1 amide bonds. The van der Waals surface area contributed by atoms with Crippen molar-refractivity contribution in [3.63, 3.8) is 0 Å². The lowest BCUT2D eigenvalue weighted by atomic mass is 9.97. The first-order chi connectivity index (χ1) is 20.3. The number of carbonyl (C=O) groups is 3. The van der Waals surface area contributed by atoms with Gasteiger partial charge in [0.15, 0.2) is 5.71 Å². The minimum atomic E-state index is -4.11. The van der Waals surface area contributed by atoms with Gasteiger partial charge in [0.25, 0.3) is 5.91 Å². The van der Waals surface area contributed by atoms with Gasteiger partial charge >= 0.3 is 11.9 Å². The van der Waals surface area contributed by atoms with Crippen LogP contribution in [0.2, 0.25) is 0 Å². The maximum absolute atomic E-state index is 13.4. The lowest BCUT2D eigenvalue weighted by molar-refractivity contribution is -0.139. The smallest absolute Gasteiger partial charge is 0.333 e. The van der Waals surface area contributed by atoms with Crippen LogP contribution in [0.1, 0.15) is 40.5 Å². The van der Waals surface area contributed by atoms with E-state index in [9.17, 15) is 28.1 Å². The van der Waals surface area contributed by atoms with Gasteiger partial charge in [0.05, 0.1) is 21.9 Å². The monoisotopic (exact) mass is 611 g/mol. The zero-order valence-corrected chi connectivity index (χ0v) is 25.8. The Morgan fingerprint density at radius 1 is 1.07 bits per heavy atom. The molecular formula is C30H37N5O7S. The average Bonchev–Trinajstić information content (AvgIpc) is 2.96. The predicted molar refractivity (Wildman–Crippen MR) is 162 cm³/mol. The fourth-order valence-electron chi connectivity index (χ4n) is 3.76. The number of hydrogen-bond acceptors (Lipinski definition) is 10. The zero-order chi connectivity index (χ0) is 32.3. The molecule has 13 heteroatoms. The zero-order valence-electron chi connectivity index (χ0n) is 24.9. The number of hydrazone groups is 1. The molecule has 12 nitrogen and oxygen atoms in total. The molecule has 1 aliphatic heterocycles. The number of ether oxygens (including phenoxy) is 2. The molecule has 1 aliphatic rings. The molecule has 0 saturated heterocycles. The standard InChI is InChI=1S/C30H37N5O7S/c1-8-9-14-35-23(7)26(19-31)22(6)27(28(35)36)33-32-24-10-12-25(13-11-24)43(39,40)34(15-17-41-29(37)20(2)3)16-18-42-30(38)21(4)5/h10-13,32H,2,4,7-9,14-18H2,1,3,5-6H3. The van der Waals surface area contributed by atoms with E-state index < -0.39 is 27.9 Å². The van der Waals surface area contributed by atoms with Crippen molar-refractivity contribution >= 4 is 39.3 Å².